The molecule has 1 aliphatic carbocycles. The van der Waals surface area contributed by atoms with Crippen molar-refractivity contribution < 1.29 is 0 Å². The average molecular weight is 500 g/mol. The highest BCUT2D eigenvalue weighted by molar-refractivity contribution is 14.0. The number of halogens is 2. The van der Waals surface area contributed by atoms with E-state index in [1.165, 1.54) is 31.2 Å². The van der Waals surface area contributed by atoms with Gasteiger partial charge in [-0.3, -0.25) is 9.67 Å². The quantitative estimate of drug-likeness (QED) is 0.390. The molecule has 2 aliphatic rings. The molecule has 0 amide bonds. The predicted molar refractivity (Wildman–Crippen MR) is 121 cm³/mol. The second-order valence-electron chi connectivity index (χ2n) is 7.51. The number of nitrogens with zero attached hydrogens (tertiary/aromatic N) is 4. The van der Waals surface area contributed by atoms with Crippen LogP contribution >= 0.6 is 35.6 Å². The van der Waals surface area contributed by atoms with Crippen LogP contribution in [-0.2, 0) is 0 Å². The Labute approximate surface area is 183 Å². The zero-order valence-corrected chi connectivity index (χ0v) is 18.7. The van der Waals surface area contributed by atoms with Crippen LogP contribution in [0.1, 0.15) is 37.3 Å². The standard InChI is InChI=1S/C20H26ClN5.HI/c1-22-19(25-13-10-20(15-25)8-2-9-20)23-14-18(26-12-3-11-24-26)16-4-6-17(21)7-5-16;/h3-7,11-12,18H,2,8-10,13-15H2,1H3,(H,22,23);1H. The fraction of sp³-hybridized carbons (Fsp3) is 0.500. The normalized spacial score (nSPS) is 19.5. The van der Waals surface area contributed by atoms with Gasteiger partial charge in [0.15, 0.2) is 5.96 Å². The molecule has 1 saturated carbocycles. The first-order valence-electron chi connectivity index (χ1n) is 9.39. The molecule has 1 spiro atoms. The van der Waals surface area contributed by atoms with Crippen molar-refractivity contribution in [2.75, 3.05) is 26.7 Å². The molecular weight excluding hydrogens is 473 g/mol. The van der Waals surface area contributed by atoms with E-state index in [2.05, 4.69) is 32.4 Å². The average Bonchev–Trinajstić information content (AvgIpc) is 3.30. The summed E-state index contributed by atoms with van der Waals surface area (Å²) in [5.41, 5.74) is 1.74. The van der Waals surface area contributed by atoms with E-state index in [1.807, 2.05) is 42.3 Å². The molecule has 1 atom stereocenters. The summed E-state index contributed by atoms with van der Waals surface area (Å²) in [7, 11) is 1.87. The van der Waals surface area contributed by atoms with Crippen molar-refractivity contribution in [2.24, 2.45) is 10.4 Å². The second kappa shape index (κ2) is 8.82. The summed E-state index contributed by atoms with van der Waals surface area (Å²) in [6, 6.07) is 10.1. The highest BCUT2D eigenvalue weighted by Crippen LogP contribution is 2.47. The third-order valence-corrected chi connectivity index (χ3v) is 6.17. The molecule has 27 heavy (non-hydrogen) atoms. The highest BCUT2D eigenvalue weighted by Gasteiger charge is 2.43. The van der Waals surface area contributed by atoms with Gasteiger partial charge in [-0.25, -0.2) is 0 Å². The minimum absolute atomic E-state index is 0. The minimum atomic E-state index is 0. The molecule has 1 aliphatic heterocycles. The number of benzene rings is 1. The number of hydrogen-bond donors (Lipinski definition) is 1. The number of rotatable bonds is 4. The lowest BCUT2D eigenvalue weighted by atomic mass is 9.68. The Morgan fingerprint density at radius 2 is 2.07 bits per heavy atom. The van der Waals surface area contributed by atoms with Gasteiger partial charge in [0.1, 0.15) is 0 Å². The zero-order valence-electron chi connectivity index (χ0n) is 15.6. The number of guanidine groups is 1. The molecule has 4 rings (SSSR count). The van der Waals surface area contributed by atoms with Crippen LogP contribution < -0.4 is 5.32 Å². The molecule has 0 bridgehead atoms. The molecule has 1 N–H and O–H groups in total. The van der Waals surface area contributed by atoms with Gasteiger partial charge < -0.3 is 10.2 Å². The number of aliphatic imine (C=N–C) groups is 1. The summed E-state index contributed by atoms with van der Waals surface area (Å²) in [6.07, 6.45) is 9.26. The first-order chi connectivity index (χ1) is 12.7. The van der Waals surface area contributed by atoms with Gasteiger partial charge in [-0.05, 0) is 48.4 Å². The van der Waals surface area contributed by atoms with Gasteiger partial charge in [0.05, 0.1) is 6.04 Å². The van der Waals surface area contributed by atoms with Crippen LogP contribution in [-0.4, -0.2) is 47.3 Å². The van der Waals surface area contributed by atoms with Crippen molar-refractivity contribution in [3.63, 3.8) is 0 Å². The van der Waals surface area contributed by atoms with Crippen molar-refractivity contribution in [3.8, 4) is 0 Å². The molecule has 5 nitrogen and oxygen atoms in total. The molecule has 7 heteroatoms. The molecule has 1 unspecified atom stereocenters. The lowest BCUT2D eigenvalue weighted by Crippen LogP contribution is -2.44. The van der Waals surface area contributed by atoms with Crippen molar-refractivity contribution in [2.45, 2.75) is 31.7 Å². The molecule has 2 heterocycles. The topological polar surface area (TPSA) is 45.5 Å². The molecule has 1 aromatic carbocycles. The van der Waals surface area contributed by atoms with E-state index in [-0.39, 0.29) is 30.0 Å². The van der Waals surface area contributed by atoms with E-state index in [1.54, 1.807) is 0 Å². The molecular formula is C20H27ClIN5. The Morgan fingerprint density at radius 3 is 2.63 bits per heavy atom. The number of likely N-dealkylation sites (tertiary alicyclic amines) is 1. The maximum absolute atomic E-state index is 6.06. The van der Waals surface area contributed by atoms with Crippen LogP contribution in [0.2, 0.25) is 5.02 Å². The first kappa shape index (κ1) is 20.5. The summed E-state index contributed by atoms with van der Waals surface area (Å²) in [5, 5.41) is 8.78. The van der Waals surface area contributed by atoms with E-state index < -0.39 is 0 Å². The van der Waals surface area contributed by atoms with Gasteiger partial charge in [-0.15, -0.1) is 24.0 Å². The first-order valence-corrected chi connectivity index (χ1v) is 9.77. The number of nitrogens with one attached hydrogen (secondary N) is 1. The fourth-order valence-corrected chi connectivity index (χ4v) is 4.36. The third-order valence-electron chi connectivity index (χ3n) is 5.92. The predicted octanol–water partition coefficient (Wildman–Crippen LogP) is 4.20. The Morgan fingerprint density at radius 1 is 1.30 bits per heavy atom. The van der Waals surface area contributed by atoms with E-state index in [0.717, 1.165) is 30.6 Å². The fourth-order valence-electron chi connectivity index (χ4n) is 4.24. The van der Waals surface area contributed by atoms with E-state index in [9.17, 15) is 0 Å². The molecule has 2 fully saturated rings. The van der Waals surface area contributed by atoms with Crippen LogP contribution in [0.25, 0.3) is 0 Å². The molecule has 0 radical (unpaired) electrons. The van der Waals surface area contributed by atoms with Crippen molar-refractivity contribution >= 4 is 41.5 Å². The zero-order chi connectivity index (χ0) is 18.0. The Hall–Kier alpha value is -1.28. The monoisotopic (exact) mass is 499 g/mol. The van der Waals surface area contributed by atoms with Crippen molar-refractivity contribution in [1.29, 1.82) is 0 Å². The summed E-state index contributed by atoms with van der Waals surface area (Å²) >= 11 is 6.06. The van der Waals surface area contributed by atoms with Crippen LogP contribution in [0.4, 0.5) is 0 Å². The van der Waals surface area contributed by atoms with Crippen LogP contribution in [0, 0.1) is 5.41 Å². The van der Waals surface area contributed by atoms with E-state index >= 15 is 0 Å². The smallest absolute Gasteiger partial charge is 0.193 e. The minimum Gasteiger partial charge on any atom is -0.354 e. The Kier molecular flexibility index (Phi) is 6.68. The van der Waals surface area contributed by atoms with Crippen LogP contribution in [0.5, 0.6) is 0 Å². The molecule has 146 valence electrons. The molecule has 1 aromatic heterocycles. The molecule has 2 aromatic rings. The number of aromatic nitrogens is 2. The summed E-state index contributed by atoms with van der Waals surface area (Å²) in [5.74, 6) is 1.000. The van der Waals surface area contributed by atoms with Gasteiger partial charge in [-0.2, -0.15) is 5.10 Å². The van der Waals surface area contributed by atoms with E-state index in [4.69, 9.17) is 11.6 Å². The lowest BCUT2D eigenvalue weighted by molar-refractivity contribution is 0.151. The SMILES string of the molecule is CN=C(NCC(c1ccc(Cl)cc1)n1cccn1)N1CCC2(CCC2)C1.I. The Balaban J connectivity index is 0.00000210. The Bertz CT molecular complexity index is 755. The number of hydrogen-bond acceptors (Lipinski definition) is 2. The van der Waals surface area contributed by atoms with Crippen LogP contribution in [0.3, 0.4) is 0 Å². The maximum Gasteiger partial charge on any atom is 0.193 e. The summed E-state index contributed by atoms with van der Waals surface area (Å²) in [4.78, 5) is 6.95. The van der Waals surface area contributed by atoms with Gasteiger partial charge in [0, 0.05) is 44.1 Å². The maximum atomic E-state index is 6.06. The summed E-state index contributed by atoms with van der Waals surface area (Å²) in [6.45, 7) is 2.98. The highest BCUT2D eigenvalue weighted by atomic mass is 127. The van der Waals surface area contributed by atoms with Crippen molar-refractivity contribution in [3.05, 3.63) is 53.3 Å². The lowest BCUT2D eigenvalue weighted by Gasteiger charge is -2.38. The molecule has 1 saturated heterocycles. The third kappa shape index (κ3) is 4.42. The van der Waals surface area contributed by atoms with Gasteiger partial charge >= 0.3 is 0 Å². The largest absolute Gasteiger partial charge is 0.354 e. The van der Waals surface area contributed by atoms with Gasteiger partial charge in [-0.1, -0.05) is 30.2 Å². The van der Waals surface area contributed by atoms with Gasteiger partial charge in [0.25, 0.3) is 0 Å². The van der Waals surface area contributed by atoms with Gasteiger partial charge in [0.2, 0.25) is 0 Å². The second-order valence-corrected chi connectivity index (χ2v) is 7.94. The summed E-state index contributed by atoms with van der Waals surface area (Å²) < 4.78 is 1.99. The van der Waals surface area contributed by atoms with E-state index in [0.29, 0.717) is 5.41 Å². The van der Waals surface area contributed by atoms with Crippen LogP contribution in [0.15, 0.2) is 47.7 Å². The van der Waals surface area contributed by atoms with Crippen molar-refractivity contribution in [1.82, 2.24) is 20.0 Å².